The Balaban J connectivity index is 2.45. The van der Waals surface area contributed by atoms with Gasteiger partial charge in [0.1, 0.15) is 0 Å². The number of likely N-dealkylation sites (N-methyl/N-ethyl adjacent to an activating group) is 1. The van der Waals surface area contributed by atoms with E-state index in [0.717, 1.165) is 6.54 Å². The maximum absolute atomic E-state index is 3.96. The molecular formula is C7H16N2. The molecule has 2 atom stereocenters. The summed E-state index contributed by atoms with van der Waals surface area (Å²) in [4.78, 5) is 1.40. The lowest BCUT2D eigenvalue weighted by molar-refractivity contribution is -0.841. The normalized spacial score (nSPS) is 43.7. The molecule has 0 aliphatic carbocycles. The molecule has 2 N–H and O–H groups in total. The molecule has 54 valence electrons. The van der Waals surface area contributed by atoms with Gasteiger partial charge in [0.15, 0.2) is 0 Å². The monoisotopic (exact) mass is 128 g/mol. The average Bonchev–Trinajstić information content (AvgIpc) is 2.13. The van der Waals surface area contributed by atoms with Gasteiger partial charge < -0.3 is 10.2 Å². The minimum Gasteiger partial charge on any atom is -0.466 e. The number of nitrogens with one attached hydrogen (secondary N) is 2. The highest BCUT2D eigenvalue weighted by Crippen LogP contribution is 2.07. The lowest BCUT2D eigenvalue weighted by Gasteiger charge is -2.21. The molecule has 1 unspecified atom stereocenters. The van der Waals surface area contributed by atoms with Crippen LogP contribution in [0.2, 0.25) is 0 Å². The third kappa shape index (κ3) is 1.43. The quantitative estimate of drug-likeness (QED) is 0.435. The van der Waals surface area contributed by atoms with Crippen molar-refractivity contribution in [2.75, 3.05) is 20.1 Å². The van der Waals surface area contributed by atoms with E-state index in [1.165, 1.54) is 17.9 Å². The summed E-state index contributed by atoms with van der Waals surface area (Å²) in [7, 11) is 5.98. The summed E-state index contributed by atoms with van der Waals surface area (Å²) in [5, 5.41) is 3.31. The first-order valence-electron chi connectivity index (χ1n) is 3.52. The van der Waals surface area contributed by atoms with Gasteiger partial charge in [0.25, 0.3) is 0 Å². The summed E-state index contributed by atoms with van der Waals surface area (Å²) in [6.07, 6.45) is 1.25. The Kier molecular flexibility index (Phi) is 1.78. The predicted octanol–water partition coefficient (Wildman–Crippen LogP) is -0.955. The average molecular weight is 128 g/mol. The van der Waals surface area contributed by atoms with E-state index in [0.29, 0.717) is 5.54 Å². The molecule has 2 nitrogen and oxygen atoms in total. The minimum atomic E-state index is 0.358. The van der Waals surface area contributed by atoms with Gasteiger partial charge in [-0.15, -0.1) is 0 Å². The highest BCUT2D eigenvalue weighted by atomic mass is 15.2. The summed E-state index contributed by atoms with van der Waals surface area (Å²) in [6.45, 7) is 4.62. The van der Waals surface area contributed by atoms with Crippen molar-refractivity contribution in [3.8, 4) is 0 Å². The number of hydrogen-bond acceptors (Lipinski definition) is 1. The second-order valence-electron chi connectivity index (χ2n) is 3.24. The van der Waals surface area contributed by atoms with Crippen LogP contribution in [0.5, 0.6) is 0 Å². The molecule has 0 aromatic carbocycles. The van der Waals surface area contributed by atoms with Gasteiger partial charge >= 0.3 is 0 Å². The second-order valence-corrected chi connectivity index (χ2v) is 3.24. The van der Waals surface area contributed by atoms with Crippen LogP contribution in [0.15, 0.2) is 0 Å². The van der Waals surface area contributed by atoms with Crippen molar-refractivity contribution < 1.29 is 4.90 Å². The maximum Gasteiger partial charge on any atom is 0.0715 e. The first-order valence-corrected chi connectivity index (χ1v) is 3.52. The van der Waals surface area contributed by atoms with Gasteiger partial charge in [-0.1, -0.05) is 0 Å². The molecule has 0 aromatic rings. The van der Waals surface area contributed by atoms with Crippen LogP contribution in [-0.4, -0.2) is 25.7 Å². The van der Waals surface area contributed by atoms with E-state index in [1.54, 1.807) is 0 Å². The Morgan fingerprint density at radius 3 is 2.56 bits per heavy atom. The van der Waals surface area contributed by atoms with Crippen molar-refractivity contribution in [2.24, 2.45) is 0 Å². The number of quaternary nitrogens is 1. The Morgan fingerprint density at radius 2 is 2.33 bits per heavy atom. The Labute approximate surface area is 57.2 Å². The zero-order valence-electron chi connectivity index (χ0n) is 6.33. The molecule has 9 heavy (non-hydrogen) atoms. The van der Waals surface area contributed by atoms with Gasteiger partial charge in [-0.3, -0.25) is 0 Å². The Bertz CT molecular complexity index is 103. The summed E-state index contributed by atoms with van der Waals surface area (Å²) in [5.74, 6) is 0. The molecule has 0 bridgehead atoms. The van der Waals surface area contributed by atoms with Crippen molar-refractivity contribution in [3.05, 3.63) is 7.05 Å². The van der Waals surface area contributed by atoms with E-state index in [-0.39, 0.29) is 0 Å². The molecule has 0 spiro atoms. The van der Waals surface area contributed by atoms with Crippen molar-refractivity contribution >= 4 is 0 Å². The SMILES string of the molecule is [CH2-][NH+]1CC[C@@](C)(NC)C1. The van der Waals surface area contributed by atoms with Gasteiger partial charge in [-0.2, -0.15) is 7.05 Å². The van der Waals surface area contributed by atoms with Crippen LogP contribution in [0.4, 0.5) is 0 Å². The van der Waals surface area contributed by atoms with Crippen LogP contribution in [-0.2, 0) is 0 Å². The topological polar surface area (TPSA) is 16.5 Å². The summed E-state index contributed by atoms with van der Waals surface area (Å²) >= 11 is 0. The smallest absolute Gasteiger partial charge is 0.0715 e. The van der Waals surface area contributed by atoms with Crippen molar-refractivity contribution in [1.82, 2.24) is 5.32 Å². The molecule has 1 heterocycles. The Morgan fingerprint density at radius 1 is 1.67 bits per heavy atom. The van der Waals surface area contributed by atoms with Crippen molar-refractivity contribution in [3.63, 3.8) is 0 Å². The standard InChI is InChI=1S/C7H16N2/c1-7(8-2)4-5-9(3)6-7/h8-9H,3-6H2,1-2H3/t7-/m1/s1. The van der Waals surface area contributed by atoms with E-state index in [4.69, 9.17) is 0 Å². The summed E-state index contributed by atoms with van der Waals surface area (Å²) < 4.78 is 0. The van der Waals surface area contributed by atoms with E-state index < -0.39 is 0 Å². The van der Waals surface area contributed by atoms with Gasteiger partial charge in [-0.25, -0.2) is 0 Å². The fraction of sp³-hybridized carbons (Fsp3) is 0.857. The zero-order valence-corrected chi connectivity index (χ0v) is 6.33. The molecule has 1 saturated heterocycles. The fourth-order valence-corrected chi connectivity index (χ4v) is 1.39. The third-order valence-electron chi connectivity index (χ3n) is 2.27. The molecule has 0 aromatic heterocycles. The largest absolute Gasteiger partial charge is 0.466 e. The number of likely N-dealkylation sites (tertiary alicyclic amines) is 1. The molecule has 1 aliphatic rings. The highest BCUT2D eigenvalue weighted by molar-refractivity contribution is 4.83. The summed E-state index contributed by atoms with van der Waals surface area (Å²) in [5.41, 5.74) is 0.358. The molecule has 1 fully saturated rings. The van der Waals surface area contributed by atoms with Crippen LogP contribution in [0.25, 0.3) is 0 Å². The van der Waals surface area contributed by atoms with Crippen LogP contribution in [0.1, 0.15) is 13.3 Å². The lowest BCUT2D eigenvalue weighted by Crippen LogP contribution is -3.05. The highest BCUT2D eigenvalue weighted by Gasteiger charge is 2.30. The fourth-order valence-electron chi connectivity index (χ4n) is 1.39. The van der Waals surface area contributed by atoms with Crippen molar-refractivity contribution in [2.45, 2.75) is 18.9 Å². The van der Waals surface area contributed by atoms with E-state index >= 15 is 0 Å². The van der Waals surface area contributed by atoms with E-state index in [1.807, 2.05) is 7.05 Å². The van der Waals surface area contributed by atoms with Crippen LogP contribution >= 0.6 is 0 Å². The number of rotatable bonds is 1. The molecule has 0 radical (unpaired) electrons. The van der Waals surface area contributed by atoms with Gasteiger partial charge in [0.05, 0.1) is 18.6 Å². The van der Waals surface area contributed by atoms with Crippen LogP contribution in [0.3, 0.4) is 0 Å². The first-order chi connectivity index (χ1) is 4.16. The van der Waals surface area contributed by atoms with Gasteiger partial charge in [0.2, 0.25) is 0 Å². The second kappa shape index (κ2) is 2.27. The third-order valence-corrected chi connectivity index (χ3v) is 2.27. The lowest BCUT2D eigenvalue weighted by atomic mass is 10.0. The zero-order chi connectivity index (χ0) is 6.91. The molecule has 2 heteroatoms. The minimum absolute atomic E-state index is 0.358. The van der Waals surface area contributed by atoms with E-state index in [9.17, 15) is 0 Å². The van der Waals surface area contributed by atoms with E-state index in [2.05, 4.69) is 19.3 Å². The number of hydrogen-bond donors (Lipinski definition) is 2. The van der Waals surface area contributed by atoms with Crippen LogP contribution < -0.4 is 10.2 Å². The Hall–Kier alpha value is -0.0800. The first kappa shape index (κ1) is 7.03. The summed E-state index contributed by atoms with van der Waals surface area (Å²) in [6, 6.07) is 0. The molecule has 1 aliphatic heterocycles. The van der Waals surface area contributed by atoms with Gasteiger partial charge in [0, 0.05) is 6.42 Å². The molecule has 0 saturated carbocycles. The van der Waals surface area contributed by atoms with Crippen molar-refractivity contribution in [1.29, 1.82) is 0 Å². The van der Waals surface area contributed by atoms with Gasteiger partial charge in [-0.05, 0) is 14.0 Å². The molecule has 0 amide bonds. The predicted molar refractivity (Wildman–Crippen MR) is 38.1 cm³/mol. The molecule has 1 rings (SSSR count). The van der Waals surface area contributed by atoms with Crippen LogP contribution in [0, 0.1) is 7.05 Å². The maximum atomic E-state index is 3.96. The molecular weight excluding hydrogens is 112 g/mol.